The first-order chi connectivity index (χ1) is 32.3. The Morgan fingerprint density at radius 3 is 1.05 bits per heavy atom. The minimum Gasteiger partial charge on any atom is -0.310 e. The molecule has 0 unspecified atom stereocenters. The van der Waals surface area contributed by atoms with Gasteiger partial charge in [-0.3, -0.25) is 0 Å². The number of nitrogens with zero attached hydrogens (tertiary/aromatic N) is 2. The lowest BCUT2D eigenvalue weighted by atomic mass is 9.72. The second kappa shape index (κ2) is 14.3. The highest BCUT2D eigenvalue weighted by molar-refractivity contribution is 6.14. The fourth-order valence-electron chi connectivity index (χ4n) is 11.9. The van der Waals surface area contributed by atoms with E-state index < -0.39 is 0 Å². The van der Waals surface area contributed by atoms with Crippen LogP contribution >= 0.6 is 0 Å². The minimum absolute atomic E-state index is 0.306. The number of rotatable bonds is 6. The smallest absolute Gasteiger partial charge is 0.0543 e. The predicted octanol–water partition coefficient (Wildman–Crippen LogP) is 17.9. The molecule has 0 spiro atoms. The molecule has 66 heavy (non-hydrogen) atoms. The van der Waals surface area contributed by atoms with Crippen molar-refractivity contribution in [2.45, 2.75) is 38.5 Å². The summed E-state index contributed by atoms with van der Waals surface area (Å²) in [6.07, 6.45) is 0. The lowest BCUT2D eigenvalue weighted by molar-refractivity contribution is 0.601. The van der Waals surface area contributed by atoms with Crippen molar-refractivity contribution in [2.75, 3.05) is 9.80 Å². The van der Waals surface area contributed by atoms with E-state index >= 15 is 0 Å². The summed E-state index contributed by atoms with van der Waals surface area (Å²) in [6.45, 7) is 9.88. The SMILES string of the molecule is CC1(C)c2cc(N(c3ccccc3)c3ccc4ccccc4c3)c3ccccc3c2-c2ccc3c(c21)C(C)(C)c1cc(N(c2ccccc2)c2ccc4ccccc4c2)c2ccccc2c1-3. The topological polar surface area (TPSA) is 6.48 Å². The molecule has 2 heteroatoms. The van der Waals surface area contributed by atoms with Gasteiger partial charge >= 0.3 is 0 Å². The Morgan fingerprint density at radius 1 is 0.288 bits per heavy atom. The van der Waals surface area contributed by atoms with E-state index in [-0.39, 0.29) is 10.8 Å². The van der Waals surface area contributed by atoms with Gasteiger partial charge in [0.05, 0.1) is 11.4 Å². The summed E-state index contributed by atoms with van der Waals surface area (Å²) in [5, 5.41) is 9.99. The standard InChI is InChI=1S/C64H48N2/c1-63(2)55-39-57(65(45-23-7-5-8-24-45)47-33-31-41-19-11-13-21-43(41)37-47)49-27-15-17-29-51(49)59(55)53-35-36-54-60-52-30-18-16-28-50(52)58(40-56(60)64(3,4)62(54)61(53)63)66(46-25-9-6-10-26-46)48-34-32-42-20-12-14-22-44(42)38-48/h5-40H,1-4H3. The molecule has 11 aromatic rings. The number of para-hydroxylation sites is 2. The Balaban J connectivity index is 1.03. The zero-order valence-corrected chi connectivity index (χ0v) is 37.7. The Bertz CT molecular complexity index is 3520. The van der Waals surface area contributed by atoms with E-state index in [1.165, 1.54) is 99.0 Å². The quantitative estimate of drug-likeness (QED) is 0.165. The first kappa shape index (κ1) is 38.5. The maximum atomic E-state index is 2.52. The zero-order chi connectivity index (χ0) is 44.3. The largest absolute Gasteiger partial charge is 0.310 e. The zero-order valence-electron chi connectivity index (χ0n) is 37.7. The first-order valence-corrected chi connectivity index (χ1v) is 23.3. The molecule has 0 aromatic heterocycles. The third-order valence-corrected chi connectivity index (χ3v) is 14.9. The third kappa shape index (κ3) is 5.55. The molecular formula is C64H48N2. The number of benzene rings is 11. The highest BCUT2D eigenvalue weighted by Crippen LogP contribution is 2.63. The molecule has 0 heterocycles. The van der Waals surface area contributed by atoms with Crippen molar-refractivity contribution in [3.63, 3.8) is 0 Å². The van der Waals surface area contributed by atoms with E-state index in [0.29, 0.717) is 0 Å². The Hall–Kier alpha value is -7.94. The number of hydrogen-bond acceptors (Lipinski definition) is 2. The number of anilines is 6. The molecule has 0 saturated heterocycles. The van der Waals surface area contributed by atoms with Gasteiger partial charge in [-0.1, -0.05) is 185 Å². The molecule has 11 aromatic carbocycles. The fourth-order valence-corrected chi connectivity index (χ4v) is 11.9. The predicted molar refractivity (Wildman–Crippen MR) is 281 cm³/mol. The summed E-state index contributed by atoms with van der Waals surface area (Å²) in [6, 6.07) is 81.0. The molecule has 2 aliphatic rings. The molecular weight excluding hydrogens is 797 g/mol. The Labute approximate surface area is 386 Å². The maximum absolute atomic E-state index is 2.52. The molecule has 0 radical (unpaired) electrons. The molecule has 2 aliphatic carbocycles. The van der Waals surface area contributed by atoms with Gasteiger partial charge in [-0.15, -0.1) is 0 Å². The summed E-state index contributed by atoms with van der Waals surface area (Å²) in [5.41, 5.74) is 17.4. The van der Waals surface area contributed by atoms with E-state index in [4.69, 9.17) is 0 Å². The lowest BCUT2D eigenvalue weighted by Gasteiger charge is -2.32. The van der Waals surface area contributed by atoms with Crippen LogP contribution in [0.15, 0.2) is 218 Å². The van der Waals surface area contributed by atoms with Crippen molar-refractivity contribution in [1.82, 2.24) is 0 Å². The van der Waals surface area contributed by atoms with E-state index in [2.05, 4.69) is 256 Å². The van der Waals surface area contributed by atoms with Gasteiger partial charge in [0, 0.05) is 44.4 Å². The first-order valence-electron chi connectivity index (χ1n) is 23.3. The minimum atomic E-state index is -0.306. The Morgan fingerprint density at radius 2 is 0.636 bits per heavy atom. The second-order valence-electron chi connectivity index (χ2n) is 19.3. The average molecular weight is 845 g/mol. The van der Waals surface area contributed by atoms with Crippen molar-refractivity contribution in [3.8, 4) is 22.3 Å². The van der Waals surface area contributed by atoms with Crippen LogP contribution in [0.2, 0.25) is 0 Å². The van der Waals surface area contributed by atoms with Crippen LogP contribution in [0.25, 0.3) is 65.3 Å². The normalized spacial score (nSPS) is 14.0. The van der Waals surface area contributed by atoms with Crippen LogP contribution in [-0.2, 0) is 10.8 Å². The Kier molecular flexibility index (Phi) is 8.33. The molecule has 0 atom stereocenters. The van der Waals surface area contributed by atoms with Crippen molar-refractivity contribution >= 4 is 77.2 Å². The highest BCUT2D eigenvalue weighted by atomic mass is 15.1. The van der Waals surface area contributed by atoms with Crippen LogP contribution < -0.4 is 9.80 Å². The van der Waals surface area contributed by atoms with Gasteiger partial charge in [0.1, 0.15) is 0 Å². The van der Waals surface area contributed by atoms with Crippen LogP contribution in [0.3, 0.4) is 0 Å². The number of hydrogen-bond donors (Lipinski definition) is 0. The number of fused-ring (bicyclic) bond motifs is 13. The van der Waals surface area contributed by atoms with E-state index in [0.717, 1.165) is 22.7 Å². The van der Waals surface area contributed by atoms with Gasteiger partial charge < -0.3 is 9.80 Å². The third-order valence-electron chi connectivity index (χ3n) is 14.9. The van der Waals surface area contributed by atoms with Crippen LogP contribution in [0, 0.1) is 0 Å². The molecule has 0 fully saturated rings. The molecule has 0 N–H and O–H groups in total. The van der Waals surface area contributed by atoms with E-state index in [1.807, 2.05) is 0 Å². The fraction of sp³-hybridized carbons (Fsp3) is 0.0938. The van der Waals surface area contributed by atoms with Crippen LogP contribution in [0.5, 0.6) is 0 Å². The monoisotopic (exact) mass is 844 g/mol. The van der Waals surface area contributed by atoms with Gasteiger partial charge in [-0.25, -0.2) is 0 Å². The van der Waals surface area contributed by atoms with Gasteiger partial charge in [0.15, 0.2) is 0 Å². The van der Waals surface area contributed by atoms with Crippen LogP contribution in [0.1, 0.15) is 49.9 Å². The summed E-state index contributed by atoms with van der Waals surface area (Å²) >= 11 is 0. The highest BCUT2D eigenvalue weighted by Gasteiger charge is 2.47. The average Bonchev–Trinajstić information content (AvgIpc) is 3.73. The van der Waals surface area contributed by atoms with Gasteiger partial charge in [0.2, 0.25) is 0 Å². The summed E-state index contributed by atoms with van der Waals surface area (Å²) in [7, 11) is 0. The summed E-state index contributed by atoms with van der Waals surface area (Å²) in [5.74, 6) is 0. The van der Waals surface area contributed by atoms with E-state index in [1.54, 1.807) is 0 Å². The van der Waals surface area contributed by atoms with Crippen LogP contribution in [-0.4, -0.2) is 0 Å². The van der Waals surface area contributed by atoms with Crippen LogP contribution in [0.4, 0.5) is 34.1 Å². The lowest BCUT2D eigenvalue weighted by Crippen LogP contribution is -2.24. The van der Waals surface area contributed by atoms with Crippen molar-refractivity contribution in [2.24, 2.45) is 0 Å². The molecule has 2 nitrogen and oxygen atoms in total. The molecule has 0 bridgehead atoms. The van der Waals surface area contributed by atoms with Crippen molar-refractivity contribution in [3.05, 3.63) is 241 Å². The molecule has 0 saturated carbocycles. The second-order valence-corrected chi connectivity index (χ2v) is 19.3. The van der Waals surface area contributed by atoms with Crippen molar-refractivity contribution in [1.29, 1.82) is 0 Å². The molecule has 0 aliphatic heterocycles. The van der Waals surface area contributed by atoms with Gasteiger partial charge in [0.25, 0.3) is 0 Å². The van der Waals surface area contributed by atoms with E-state index in [9.17, 15) is 0 Å². The summed E-state index contributed by atoms with van der Waals surface area (Å²) in [4.78, 5) is 4.94. The molecule has 0 amide bonds. The molecule has 13 rings (SSSR count). The van der Waals surface area contributed by atoms with Gasteiger partial charge in [-0.05, 0) is 137 Å². The van der Waals surface area contributed by atoms with Gasteiger partial charge in [-0.2, -0.15) is 0 Å². The summed E-state index contributed by atoms with van der Waals surface area (Å²) < 4.78 is 0. The van der Waals surface area contributed by atoms with Crippen molar-refractivity contribution < 1.29 is 0 Å². The molecule has 314 valence electrons. The maximum Gasteiger partial charge on any atom is 0.0543 e.